The Balaban J connectivity index is 3.35. The van der Waals surface area contributed by atoms with Gasteiger partial charge >= 0.3 is 0 Å². The van der Waals surface area contributed by atoms with E-state index in [9.17, 15) is 18.5 Å². The van der Waals surface area contributed by atoms with E-state index >= 15 is 0 Å². The van der Waals surface area contributed by atoms with Crippen LogP contribution in [0.25, 0.3) is 0 Å². The highest BCUT2D eigenvalue weighted by Gasteiger charge is 2.34. The van der Waals surface area contributed by atoms with E-state index in [1.807, 2.05) is 0 Å². The average Bonchev–Trinajstić information content (AvgIpc) is 2.37. The number of halogens is 1. The lowest BCUT2D eigenvalue weighted by atomic mass is 9.94. The molecule has 21 heavy (non-hydrogen) atoms. The molecule has 7 nitrogen and oxygen atoms in total. The summed E-state index contributed by atoms with van der Waals surface area (Å²) in [5.74, 6) is 0. The van der Waals surface area contributed by atoms with Gasteiger partial charge in [0.2, 0.25) is 0 Å². The highest BCUT2D eigenvalue weighted by Crippen LogP contribution is 2.33. The average molecular weight is 336 g/mol. The third kappa shape index (κ3) is 3.91. The summed E-state index contributed by atoms with van der Waals surface area (Å²) in [6.45, 7) is 4.01. The molecule has 0 saturated heterocycles. The fraction of sp³-hybridized carbons (Fsp3) is 0.500. The normalized spacial score (nSPS) is 12.7. The van der Waals surface area contributed by atoms with E-state index in [-0.39, 0.29) is 18.1 Å². The van der Waals surface area contributed by atoms with Crippen LogP contribution in [0.4, 0.5) is 5.69 Å². The van der Waals surface area contributed by atoms with E-state index in [0.29, 0.717) is 0 Å². The maximum atomic E-state index is 12.6. The van der Waals surface area contributed by atoms with E-state index in [2.05, 4.69) is 0 Å². The number of nitrogens with two attached hydrogens (primary N) is 1. The van der Waals surface area contributed by atoms with E-state index in [1.165, 1.54) is 19.2 Å². The van der Waals surface area contributed by atoms with Crippen LogP contribution in [0.3, 0.4) is 0 Å². The van der Waals surface area contributed by atoms with Gasteiger partial charge in [-0.25, -0.2) is 12.7 Å². The zero-order valence-electron chi connectivity index (χ0n) is 12.0. The van der Waals surface area contributed by atoms with Crippen molar-refractivity contribution in [2.75, 3.05) is 20.1 Å². The van der Waals surface area contributed by atoms with Crippen LogP contribution in [0.1, 0.15) is 13.8 Å². The molecule has 1 rings (SSSR count). The van der Waals surface area contributed by atoms with E-state index in [1.54, 1.807) is 13.8 Å². The summed E-state index contributed by atoms with van der Waals surface area (Å²) < 4.78 is 26.2. The second-order valence-corrected chi connectivity index (χ2v) is 7.86. The van der Waals surface area contributed by atoms with Gasteiger partial charge in [0.25, 0.3) is 15.7 Å². The van der Waals surface area contributed by atoms with Gasteiger partial charge in [-0.2, -0.15) is 0 Å². The lowest BCUT2D eigenvalue weighted by Gasteiger charge is -2.28. The molecule has 0 heterocycles. The molecule has 0 bridgehead atoms. The van der Waals surface area contributed by atoms with E-state index < -0.39 is 30.9 Å². The first-order valence-electron chi connectivity index (χ1n) is 6.12. The highest BCUT2D eigenvalue weighted by molar-refractivity contribution is 7.89. The van der Waals surface area contributed by atoms with Gasteiger partial charge in [-0.1, -0.05) is 31.5 Å². The third-order valence-electron chi connectivity index (χ3n) is 3.01. The third-order valence-corrected chi connectivity index (χ3v) is 5.34. The van der Waals surface area contributed by atoms with E-state index in [0.717, 1.165) is 10.4 Å². The molecule has 118 valence electrons. The smallest absolute Gasteiger partial charge is 0.290 e. The van der Waals surface area contributed by atoms with Gasteiger partial charge in [0.05, 0.1) is 9.95 Å². The fourth-order valence-corrected chi connectivity index (χ4v) is 3.82. The minimum atomic E-state index is -4.08. The molecule has 9 heteroatoms. The zero-order chi connectivity index (χ0) is 16.4. The summed E-state index contributed by atoms with van der Waals surface area (Å²) in [4.78, 5) is 9.77. The van der Waals surface area contributed by atoms with Crippen LogP contribution in [-0.2, 0) is 10.0 Å². The Labute approximate surface area is 128 Å². The summed E-state index contributed by atoms with van der Waals surface area (Å²) in [6, 6.07) is 3.76. The number of nitro groups is 1. The van der Waals surface area contributed by atoms with Crippen LogP contribution < -0.4 is 5.73 Å². The molecule has 0 aliphatic carbocycles. The Kier molecular flexibility index (Phi) is 5.32. The van der Waals surface area contributed by atoms with Crippen molar-refractivity contribution < 1.29 is 13.3 Å². The molecule has 0 radical (unpaired) electrons. The van der Waals surface area contributed by atoms with Crippen molar-refractivity contribution in [3.8, 4) is 0 Å². The Hall–Kier alpha value is -1.22. The molecule has 0 aromatic heterocycles. The van der Waals surface area contributed by atoms with Crippen molar-refractivity contribution in [2.24, 2.45) is 11.1 Å². The van der Waals surface area contributed by atoms with E-state index in [4.69, 9.17) is 17.3 Å². The predicted octanol–water partition coefficient (Wildman–Crippen LogP) is 1.85. The van der Waals surface area contributed by atoms with Crippen LogP contribution in [-0.4, -0.2) is 37.8 Å². The van der Waals surface area contributed by atoms with Gasteiger partial charge in [0, 0.05) is 19.7 Å². The first-order chi connectivity index (χ1) is 9.53. The standard InChI is InChI=1S/C12H18ClN3O4S/c1-12(2,7-14)8-15(3)21(19,20)11-9(13)5-4-6-10(11)16(17)18/h4-6H,7-8,14H2,1-3H3. The number of benzene rings is 1. The Morgan fingerprint density at radius 1 is 1.43 bits per heavy atom. The SMILES string of the molecule is CN(CC(C)(C)CN)S(=O)(=O)c1c(Cl)cccc1[N+](=O)[O-]. The molecular weight excluding hydrogens is 318 g/mol. The molecule has 1 aromatic rings. The first kappa shape index (κ1) is 17.8. The maximum Gasteiger partial charge on any atom is 0.290 e. The number of nitrogens with zero attached hydrogens (tertiary/aromatic N) is 2. The molecule has 0 aliphatic rings. The van der Waals surface area contributed by atoms with Gasteiger partial charge in [-0.3, -0.25) is 10.1 Å². The van der Waals surface area contributed by atoms with Gasteiger partial charge in [-0.15, -0.1) is 0 Å². The molecule has 0 saturated carbocycles. The highest BCUT2D eigenvalue weighted by atomic mass is 35.5. The number of hydrogen-bond donors (Lipinski definition) is 1. The minimum Gasteiger partial charge on any atom is -0.330 e. The monoisotopic (exact) mass is 335 g/mol. The number of hydrogen-bond acceptors (Lipinski definition) is 5. The minimum absolute atomic E-state index is 0.119. The topological polar surface area (TPSA) is 107 Å². The van der Waals surface area contributed by atoms with Crippen molar-refractivity contribution in [3.05, 3.63) is 33.3 Å². The molecule has 0 unspecified atom stereocenters. The number of nitro benzene ring substituents is 1. The molecule has 0 fully saturated rings. The molecule has 2 N–H and O–H groups in total. The fourth-order valence-electron chi connectivity index (χ4n) is 1.80. The quantitative estimate of drug-likeness (QED) is 0.630. The summed E-state index contributed by atoms with van der Waals surface area (Å²) in [5, 5.41) is 10.8. The lowest BCUT2D eigenvalue weighted by Crippen LogP contribution is -2.40. The van der Waals surface area contributed by atoms with Gasteiger partial charge < -0.3 is 5.73 Å². The second-order valence-electron chi connectivity index (χ2n) is 5.47. The summed E-state index contributed by atoms with van der Waals surface area (Å²) in [5.41, 5.74) is 4.59. The summed E-state index contributed by atoms with van der Waals surface area (Å²) in [7, 11) is -2.74. The van der Waals surface area contributed by atoms with Crippen LogP contribution in [0.5, 0.6) is 0 Å². The van der Waals surface area contributed by atoms with Crippen LogP contribution in [0.15, 0.2) is 23.1 Å². The largest absolute Gasteiger partial charge is 0.330 e. The lowest BCUT2D eigenvalue weighted by molar-refractivity contribution is -0.387. The number of sulfonamides is 1. The summed E-state index contributed by atoms with van der Waals surface area (Å²) in [6.07, 6.45) is 0. The van der Waals surface area contributed by atoms with Crippen LogP contribution in [0.2, 0.25) is 5.02 Å². The van der Waals surface area contributed by atoms with Crippen molar-refractivity contribution >= 4 is 27.3 Å². The molecular formula is C12H18ClN3O4S. The Morgan fingerprint density at radius 2 is 2.00 bits per heavy atom. The first-order valence-corrected chi connectivity index (χ1v) is 7.94. The Morgan fingerprint density at radius 3 is 2.48 bits per heavy atom. The molecule has 0 aliphatic heterocycles. The second kappa shape index (κ2) is 6.27. The molecule has 0 atom stereocenters. The molecule has 0 amide bonds. The van der Waals surface area contributed by atoms with Crippen molar-refractivity contribution in [1.29, 1.82) is 0 Å². The summed E-state index contributed by atoms with van der Waals surface area (Å²) >= 11 is 5.87. The molecule has 0 spiro atoms. The van der Waals surface area contributed by atoms with Gasteiger partial charge in [0.1, 0.15) is 0 Å². The van der Waals surface area contributed by atoms with Crippen molar-refractivity contribution in [3.63, 3.8) is 0 Å². The van der Waals surface area contributed by atoms with Crippen LogP contribution in [0, 0.1) is 15.5 Å². The maximum absolute atomic E-state index is 12.6. The van der Waals surface area contributed by atoms with Crippen molar-refractivity contribution in [1.82, 2.24) is 4.31 Å². The van der Waals surface area contributed by atoms with Crippen molar-refractivity contribution in [2.45, 2.75) is 18.7 Å². The molecule has 1 aromatic carbocycles. The van der Waals surface area contributed by atoms with Gasteiger partial charge in [-0.05, 0) is 18.0 Å². The zero-order valence-corrected chi connectivity index (χ0v) is 13.6. The van der Waals surface area contributed by atoms with Crippen LogP contribution >= 0.6 is 11.6 Å². The number of rotatable bonds is 6. The predicted molar refractivity (Wildman–Crippen MR) is 80.8 cm³/mol. The van der Waals surface area contributed by atoms with Gasteiger partial charge in [0.15, 0.2) is 4.90 Å². The Bertz CT molecular complexity index is 646.